The fourth-order valence-electron chi connectivity index (χ4n) is 6.19. The molecule has 0 saturated heterocycles. The van der Waals surface area contributed by atoms with Gasteiger partial charge in [0, 0.05) is 49.8 Å². The van der Waals surface area contributed by atoms with Crippen LogP contribution in [0.5, 0.6) is 0 Å². The number of fused-ring (bicyclic) bond motifs is 9. The first-order valence-electron chi connectivity index (χ1n) is 13.1. The lowest BCUT2D eigenvalue weighted by Gasteiger charge is -2.07. The minimum absolute atomic E-state index is 0.860. The van der Waals surface area contributed by atoms with Gasteiger partial charge in [-0.25, -0.2) is 4.98 Å². The smallest absolute Gasteiger partial charge is 0.145 e. The summed E-state index contributed by atoms with van der Waals surface area (Å²) in [5, 5.41) is 6.72. The quantitative estimate of drug-likeness (QED) is 0.237. The van der Waals surface area contributed by atoms with Gasteiger partial charge in [-0.05, 0) is 54.1 Å². The first-order chi connectivity index (χ1) is 19.3. The molecule has 39 heavy (non-hydrogen) atoms. The van der Waals surface area contributed by atoms with Crippen molar-refractivity contribution < 1.29 is 8.83 Å². The topological polar surface area (TPSA) is 44.1 Å². The third-order valence-electron chi connectivity index (χ3n) is 7.86. The van der Waals surface area contributed by atoms with Crippen molar-refractivity contribution in [1.29, 1.82) is 0 Å². The Morgan fingerprint density at radius 1 is 0.513 bits per heavy atom. The molecule has 4 heterocycles. The SMILES string of the molecule is c1ccc2c(c1)oc1cccc(-c3cccc4c3oc3ccc(-n5c6ccccc6c6cccnc65)cc34)c12. The van der Waals surface area contributed by atoms with Gasteiger partial charge in [0.25, 0.3) is 0 Å². The lowest BCUT2D eigenvalue weighted by Crippen LogP contribution is -1.94. The number of aromatic nitrogens is 2. The van der Waals surface area contributed by atoms with Crippen LogP contribution in [0.25, 0.3) is 82.6 Å². The van der Waals surface area contributed by atoms with Crippen LogP contribution in [-0.4, -0.2) is 9.55 Å². The number of furan rings is 2. The molecule has 0 fully saturated rings. The molecule has 4 heteroatoms. The van der Waals surface area contributed by atoms with E-state index in [0.29, 0.717) is 0 Å². The van der Waals surface area contributed by atoms with E-state index in [9.17, 15) is 0 Å². The van der Waals surface area contributed by atoms with E-state index in [1.54, 1.807) is 0 Å². The predicted octanol–water partition coefficient (Wildman–Crippen LogP) is 9.64. The number of hydrogen-bond acceptors (Lipinski definition) is 3. The molecule has 4 aromatic heterocycles. The highest BCUT2D eigenvalue weighted by Gasteiger charge is 2.19. The average molecular weight is 501 g/mol. The molecule has 0 spiro atoms. The second-order valence-corrected chi connectivity index (χ2v) is 9.97. The summed E-state index contributed by atoms with van der Waals surface area (Å²) in [6.07, 6.45) is 1.86. The highest BCUT2D eigenvalue weighted by Crippen LogP contribution is 2.42. The second-order valence-electron chi connectivity index (χ2n) is 9.97. The van der Waals surface area contributed by atoms with Crippen LogP contribution < -0.4 is 0 Å². The van der Waals surface area contributed by atoms with Crippen molar-refractivity contribution >= 4 is 65.8 Å². The first-order valence-corrected chi connectivity index (χ1v) is 13.1. The normalized spacial score (nSPS) is 12.1. The number of benzene rings is 5. The highest BCUT2D eigenvalue weighted by molar-refractivity contribution is 6.17. The van der Waals surface area contributed by atoms with Gasteiger partial charge in [-0.15, -0.1) is 0 Å². The summed E-state index contributed by atoms with van der Waals surface area (Å²) in [6, 6.07) is 39.9. The third-order valence-corrected chi connectivity index (χ3v) is 7.86. The van der Waals surface area contributed by atoms with Gasteiger partial charge >= 0.3 is 0 Å². The van der Waals surface area contributed by atoms with Crippen molar-refractivity contribution in [3.63, 3.8) is 0 Å². The summed E-state index contributed by atoms with van der Waals surface area (Å²) >= 11 is 0. The Hall–Kier alpha value is -5.35. The van der Waals surface area contributed by atoms with Gasteiger partial charge in [0.2, 0.25) is 0 Å². The second kappa shape index (κ2) is 7.59. The summed E-state index contributed by atoms with van der Waals surface area (Å²) in [7, 11) is 0. The van der Waals surface area contributed by atoms with Gasteiger partial charge in [0.1, 0.15) is 28.0 Å². The number of hydrogen-bond donors (Lipinski definition) is 0. The van der Waals surface area contributed by atoms with E-state index >= 15 is 0 Å². The number of rotatable bonds is 2. The standard InChI is InChI=1S/C35H20N2O2/c1-3-14-29-22(8-1)26-13-7-19-36-35(26)37(29)21-17-18-31-28(20-21)25-12-5-11-24(34(25)39-31)23-10-6-16-32-33(23)27-9-2-4-15-30(27)38-32/h1-20H. The van der Waals surface area contributed by atoms with Crippen LogP contribution in [0, 0.1) is 0 Å². The molecule has 0 N–H and O–H groups in total. The fourth-order valence-corrected chi connectivity index (χ4v) is 6.19. The van der Waals surface area contributed by atoms with Crippen molar-refractivity contribution in [1.82, 2.24) is 9.55 Å². The number of pyridine rings is 1. The Balaban J connectivity index is 1.32. The Labute approximate surface area is 222 Å². The maximum atomic E-state index is 6.57. The molecule has 0 amide bonds. The van der Waals surface area contributed by atoms with Crippen LogP contribution in [0.4, 0.5) is 0 Å². The zero-order valence-corrected chi connectivity index (χ0v) is 20.8. The summed E-state index contributed by atoms with van der Waals surface area (Å²) in [4.78, 5) is 4.76. The highest BCUT2D eigenvalue weighted by atomic mass is 16.3. The maximum absolute atomic E-state index is 6.57. The van der Waals surface area contributed by atoms with E-state index in [2.05, 4.69) is 95.6 Å². The molecule has 0 aliphatic rings. The number of nitrogens with zero attached hydrogens (tertiary/aromatic N) is 2. The fraction of sp³-hybridized carbons (Fsp3) is 0. The maximum Gasteiger partial charge on any atom is 0.145 e. The largest absolute Gasteiger partial charge is 0.456 e. The van der Waals surface area contributed by atoms with Gasteiger partial charge in [-0.3, -0.25) is 4.57 Å². The minimum Gasteiger partial charge on any atom is -0.456 e. The Kier molecular flexibility index (Phi) is 4.02. The molecular formula is C35H20N2O2. The van der Waals surface area contributed by atoms with Crippen LogP contribution >= 0.6 is 0 Å². The van der Waals surface area contributed by atoms with Gasteiger partial charge in [-0.1, -0.05) is 66.7 Å². The van der Waals surface area contributed by atoms with Crippen LogP contribution in [0.3, 0.4) is 0 Å². The molecule has 0 aliphatic carbocycles. The Morgan fingerprint density at radius 2 is 1.26 bits per heavy atom. The monoisotopic (exact) mass is 500 g/mol. The van der Waals surface area contributed by atoms with Crippen molar-refractivity contribution in [3.8, 4) is 16.8 Å². The van der Waals surface area contributed by atoms with E-state index in [1.807, 2.05) is 30.5 Å². The molecule has 0 aliphatic heterocycles. The Morgan fingerprint density at radius 3 is 2.23 bits per heavy atom. The summed E-state index contributed by atoms with van der Waals surface area (Å²) in [5.74, 6) is 0. The van der Waals surface area contributed by atoms with Crippen LogP contribution in [0.1, 0.15) is 0 Å². The van der Waals surface area contributed by atoms with Gasteiger partial charge < -0.3 is 8.83 Å². The molecule has 5 aromatic carbocycles. The van der Waals surface area contributed by atoms with Crippen molar-refractivity contribution in [2.45, 2.75) is 0 Å². The van der Waals surface area contributed by atoms with Gasteiger partial charge in [0.05, 0.1) is 5.52 Å². The van der Waals surface area contributed by atoms with Crippen LogP contribution in [0.2, 0.25) is 0 Å². The van der Waals surface area contributed by atoms with E-state index in [4.69, 9.17) is 13.8 Å². The van der Waals surface area contributed by atoms with E-state index in [1.165, 1.54) is 5.39 Å². The van der Waals surface area contributed by atoms with E-state index in [0.717, 1.165) is 77.2 Å². The van der Waals surface area contributed by atoms with Crippen LogP contribution in [-0.2, 0) is 0 Å². The van der Waals surface area contributed by atoms with E-state index < -0.39 is 0 Å². The first kappa shape index (κ1) is 20.7. The molecule has 182 valence electrons. The zero-order chi connectivity index (χ0) is 25.5. The molecule has 0 saturated carbocycles. The lowest BCUT2D eigenvalue weighted by molar-refractivity contribution is 0.668. The third kappa shape index (κ3) is 2.80. The van der Waals surface area contributed by atoms with Gasteiger partial charge in [0.15, 0.2) is 0 Å². The summed E-state index contributed by atoms with van der Waals surface area (Å²) < 4.78 is 15.0. The molecule has 4 nitrogen and oxygen atoms in total. The summed E-state index contributed by atoms with van der Waals surface area (Å²) in [6.45, 7) is 0. The van der Waals surface area contributed by atoms with Crippen molar-refractivity contribution in [2.24, 2.45) is 0 Å². The van der Waals surface area contributed by atoms with Crippen LogP contribution in [0.15, 0.2) is 130 Å². The van der Waals surface area contributed by atoms with Gasteiger partial charge in [-0.2, -0.15) is 0 Å². The minimum atomic E-state index is 0.860. The van der Waals surface area contributed by atoms with Crippen molar-refractivity contribution in [2.75, 3.05) is 0 Å². The van der Waals surface area contributed by atoms with Crippen molar-refractivity contribution in [3.05, 3.63) is 121 Å². The molecule has 9 rings (SSSR count). The predicted molar refractivity (Wildman–Crippen MR) is 159 cm³/mol. The molecule has 0 radical (unpaired) electrons. The number of para-hydroxylation sites is 3. The zero-order valence-electron chi connectivity index (χ0n) is 20.8. The molecular weight excluding hydrogens is 480 g/mol. The molecule has 0 unspecified atom stereocenters. The Bertz CT molecular complexity index is 2350. The lowest BCUT2D eigenvalue weighted by atomic mass is 9.97. The molecule has 9 aromatic rings. The molecule has 0 bridgehead atoms. The average Bonchev–Trinajstić information content (AvgIpc) is 3.66. The molecule has 0 atom stereocenters. The summed E-state index contributed by atoms with van der Waals surface area (Å²) in [5.41, 5.74) is 8.81. The van der Waals surface area contributed by atoms with E-state index in [-0.39, 0.29) is 0 Å².